The number of nitrogens with one attached hydrogen (secondary N) is 1. The first kappa shape index (κ1) is 16.2. The molecular weight excluding hydrogens is 292 g/mol. The molecule has 0 saturated heterocycles. The Balaban J connectivity index is 1.55. The number of fused-ring (bicyclic) bond motifs is 1. The van der Waals surface area contributed by atoms with Crippen molar-refractivity contribution in [3.8, 4) is 0 Å². The quantitative estimate of drug-likeness (QED) is 0.856. The molecule has 6 heteroatoms. The number of hydrogen-bond acceptors (Lipinski definition) is 5. The van der Waals surface area contributed by atoms with E-state index in [2.05, 4.69) is 15.4 Å². The van der Waals surface area contributed by atoms with Crippen LogP contribution in [0.4, 0.5) is 5.82 Å². The first-order chi connectivity index (χ1) is 11.1. The third-order valence-corrected chi connectivity index (χ3v) is 4.27. The Hall–Kier alpha value is -1.66. The zero-order valence-corrected chi connectivity index (χ0v) is 14.0. The maximum atomic E-state index is 10.2. The smallest absolute Gasteiger partial charge is 0.157 e. The van der Waals surface area contributed by atoms with E-state index in [1.54, 1.807) is 4.52 Å². The molecule has 1 aliphatic rings. The van der Waals surface area contributed by atoms with E-state index < -0.39 is 6.10 Å². The minimum absolute atomic E-state index is 0.321. The molecule has 0 unspecified atom stereocenters. The minimum atomic E-state index is -0.530. The maximum absolute atomic E-state index is 10.2. The Kier molecular flexibility index (Phi) is 5.13. The van der Waals surface area contributed by atoms with Crippen LogP contribution in [0.25, 0.3) is 5.65 Å². The van der Waals surface area contributed by atoms with Gasteiger partial charge in [0, 0.05) is 24.4 Å². The summed E-state index contributed by atoms with van der Waals surface area (Å²) in [5.41, 5.74) is 2.66. The number of anilines is 1. The second kappa shape index (κ2) is 7.27. The molecule has 1 saturated carbocycles. The van der Waals surface area contributed by atoms with E-state index >= 15 is 0 Å². The van der Waals surface area contributed by atoms with Crippen LogP contribution in [0.15, 0.2) is 12.1 Å². The average molecular weight is 318 g/mol. The highest BCUT2D eigenvalue weighted by atomic mass is 16.5. The van der Waals surface area contributed by atoms with Crippen molar-refractivity contribution in [3.63, 3.8) is 0 Å². The topological polar surface area (TPSA) is 71.7 Å². The highest BCUT2D eigenvalue weighted by Crippen LogP contribution is 2.20. The van der Waals surface area contributed by atoms with Crippen molar-refractivity contribution >= 4 is 11.5 Å². The number of rotatable bonds is 6. The van der Waals surface area contributed by atoms with E-state index in [1.807, 2.05) is 26.0 Å². The van der Waals surface area contributed by atoms with Gasteiger partial charge in [0.1, 0.15) is 5.82 Å². The van der Waals surface area contributed by atoms with Gasteiger partial charge in [-0.05, 0) is 26.7 Å². The minimum Gasteiger partial charge on any atom is -0.389 e. The maximum Gasteiger partial charge on any atom is 0.157 e. The summed E-state index contributed by atoms with van der Waals surface area (Å²) in [6, 6.07) is 3.88. The predicted molar refractivity (Wildman–Crippen MR) is 89.8 cm³/mol. The van der Waals surface area contributed by atoms with Gasteiger partial charge in [-0.15, -0.1) is 0 Å². The Morgan fingerprint density at radius 3 is 2.83 bits per heavy atom. The third kappa shape index (κ3) is 4.20. The lowest BCUT2D eigenvalue weighted by molar-refractivity contribution is -0.0195. The lowest BCUT2D eigenvalue weighted by Crippen LogP contribution is -2.29. The van der Waals surface area contributed by atoms with Crippen molar-refractivity contribution in [3.05, 3.63) is 23.5 Å². The highest BCUT2D eigenvalue weighted by Gasteiger charge is 2.16. The zero-order valence-electron chi connectivity index (χ0n) is 14.0. The van der Waals surface area contributed by atoms with E-state index in [-0.39, 0.29) is 0 Å². The van der Waals surface area contributed by atoms with Gasteiger partial charge in [-0.2, -0.15) is 9.61 Å². The van der Waals surface area contributed by atoms with Crippen LogP contribution in [0.3, 0.4) is 0 Å². The van der Waals surface area contributed by atoms with E-state index in [0.717, 1.165) is 35.7 Å². The van der Waals surface area contributed by atoms with Gasteiger partial charge in [0.05, 0.1) is 24.5 Å². The lowest BCUT2D eigenvalue weighted by atomic mass is 9.98. The average Bonchev–Trinajstić information content (AvgIpc) is 2.91. The lowest BCUT2D eigenvalue weighted by Gasteiger charge is -2.23. The first-order valence-electron chi connectivity index (χ1n) is 8.49. The summed E-state index contributed by atoms with van der Waals surface area (Å²) >= 11 is 0. The SMILES string of the molecule is Cc1cc(NC[C@@H](O)COC2CCCCC2)n2nc(C)cc2n1. The molecule has 0 amide bonds. The van der Waals surface area contributed by atoms with E-state index in [4.69, 9.17) is 4.74 Å². The molecule has 0 aromatic carbocycles. The fourth-order valence-electron chi connectivity index (χ4n) is 3.10. The van der Waals surface area contributed by atoms with Gasteiger partial charge < -0.3 is 15.2 Å². The number of aromatic nitrogens is 3. The van der Waals surface area contributed by atoms with Gasteiger partial charge in [-0.25, -0.2) is 4.98 Å². The summed E-state index contributed by atoms with van der Waals surface area (Å²) < 4.78 is 7.60. The molecule has 2 aromatic rings. The number of aliphatic hydroxyl groups excluding tert-OH is 1. The molecule has 2 heterocycles. The molecule has 0 spiro atoms. The van der Waals surface area contributed by atoms with Gasteiger partial charge in [-0.1, -0.05) is 19.3 Å². The highest BCUT2D eigenvalue weighted by molar-refractivity contribution is 5.50. The number of aryl methyl sites for hydroxylation is 2. The number of hydrogen-bond donors (Lipinski definition) is 2. The van der Waals surface area contributed by atoms with Crippen molar-refractivity contribution in [2.24, 2.45) is 0 Å². The van der Waals surface area contributed by atoms with Crippen molar-refractivity contribution in [2.75, 3.05) is 18.5 Å². The fraction of sp³-hybridized carbons (Fsp3) is 0.647. The summed E-state index contributed by atoms with van der Waals surface area (Å²) in [5.74, 6) is 0.845. The largest absolute Gasteiger partial charge is 0.389 e. The Labute approximate surface area is 136 Å². The molecule has 0 bridgehead atoms. The van der Waals surface area contributed by atoms with Crippen LogP contribution >= 0.6 is 0 Å². The second-order valence-electron chi connectivity index (χ2n) is 6.47. The number of nitrogens with zero attached hydrogens (tertiary/aromatic N) is 3. The molecule has 23 heavy (non-hydrogen) atoms. The van der Waals surface area contributed by atoms with Gasteiger partial charge >= 0.3 is 0 Å². The molecule has 1 fully saturated rings. The normalized spacial score (nSPS) is 17.5. The Bertz CT molecular complexity index is 649. The van der Waals surface area contributed by atoms with Gasteiger partial charge in [0.15, 0.2) is 5.65 Å². The molecule has 0 aliphatic heterocycles. The molecule has 3 rings (SSSR count). The molecule has 2 N–H and O–H groups in total. The Morgan fingerprint density at radius 1 is 1.26 bits per heavy atom. The molecular formula is C17H26N4O2. The third-order valence-electron chi connectivity index (χ3n) is 4.27. The van der Waals surface area contributed by atoms with Crippen molar-refractivity contribution in [1.82, 2.24) is 14.6 Å². The van der Waals surface area contributed by atoms with Gasteiger partial charge in [-0.3, -0.25) is 0 Å². The van der Waals surface area contributed by atoms with Crippen molar-refractivity contribution in [2.45, 2.75) is 58.2 Å². The second-order valence-corrected chi connectivity index (χ2v) is 6.47. The molecule has 6 nitrogen and oxygen atoms in total. The van der Waals surface area contributed by atoms with Gasteiger partial charge in [0.25, 0.3) is 0 Å². The van der Waals surface area contributed by atoms with E-state index in [0.29, 0.717) is 19.3 Å². The summed E-state index contributed by atoms with van der Waals surface area (Å²) in [6.45, 7) is 4.71. The molecule has 1 atom stereocenters. The summed E-state index contributed by atoms with van der Waals surface area (Å²) in [7, 11) is 0. The standard InChI is InChI=1S/C17H26N4O2/c1-12-8-16(21-17(19-12)9-13(2)20-21)18-10-14(22)11-23-15-6-4-3-5-7-15/h8-9,14-15,18,22H,3-7,10-11H2,1-2H3/t14-/m1/s1. The Morgan fingerprint density at radius 2 is 2.04 bits per heavy atom. The summed E-state index contributed by atoms with van der Waals surface area (Å²) in [5, 5.41) is 17.8. The van der Waals surface area contributed by atoms with Crippen LogP contribution in [0.5, 0.6) is 0 Å². The van der Waals surface area contributed by atoms with E-state index in [9.17, 15) is 5.11 Å². The number of aliphatic hydroxyl groups is 1. The molecule has 0 radical (unpaired) electrons. The molecule has 2 aromatic heterocycles. The van der Waals surface area contributed by atoms with Crippen LogP contribution in [0.2, 0.25) is 0 Å². The monoisotopic (exact) mass is 318 g/mol. The van der Waals surface area contributed by atoms with Gasteiger partial charge in [0.2, 0.25) is 0 Å². The summed E-state index contributed by atoms with van der Waals surface area (Å²) in [6.07, 6.45) is 5.83. The van der Waals surface area contributed by atoms with Crippen molar-refractivity contribution in [1.29, 1.82) is 0 Å². The van der Waals surface area contributed by atoms with Crippen LogP contribution in [-0.4, -0.2) is 45.1 Å². The fourth-order valence-corrected chi connectivity index (χ4v) is 3.10. The predicted octanol–water partition coefficient (Wildman–Crippen LogP) is 2.47. The van der Waals surface area contributed by atoms with E-state index in [1.165, 1.54) is 19.3 Å². The van der Waals surface area contributed by atoms with Crippen LogP contribution in [0.1, 0.15) is 43.5 Å². The number of ether oxygens (including phenoxy) is 1. The zero-order chi connectivity index (χ0) is 16.2. The summed E-state index contributed by atoms with van der Waals surface area (Å²) in [4.78, 5) is 4.46. The van der Waals surface area contributed by atoms with Crippen LogP contribution < -0.4 is 5.32 Å². The molecule has 1 aliphatic carbocycles. The van der Waals surface area contributed by atoms with Crippen LogP contribution in [0, 0.1) is 13.8 Å². The van der Waals surface area contributed by atoms with Crippen molar-refractivity contribution < 1.29 is 9.84 Å². The molecule has 126 valence electrons. The van der Waals surface area contributed by atoms with Crippen LogP contribution in [-0.2, 0) is 4.74 Å². The first-order valence-corrected chi connectivity index (χ1v) is 8.49.